The second kappa shape index (κ2) is 6.12. The van der Waals surface area contributed by atoms with Crippen molar-refractivity contribution in [1.82, 2.24) is 19.1 Å². The Labute approximate surface area is 136 Å². The molecule has 1 aromatic heterocycles. The molecule has 3 heterocycles. The second-order valence-electron chi connectivity index (χ2n) is 6.50. The molecule has 2 atom stereocenters. The summed E-state index contributed by atoms with van der Waals surface area (Å²) in [4.78, 5) is 4.30. The molecule has 1 spiro atoms. The molecule has 0 aromatic carbocycles. The Bertz CT molecular complexity index is 674. The predicted octanol–water partition coefficient (Wildman–Crippen LogP) is 0.105. The number of hydrogen-bond acceptors (Lipinski definition) is 6. The number of aryl methyl sites for hydroxylation is 2. The van der Waals surface area contributed by atoms with Gasteiger partial charge in [0.2, 0.25) is 10.0 Å². The lowest BCUT2D eigenvalue weighted by Gasteiger charge is -2.30. The van der Waals surface area contributed by atoms with Crippen molar-refractivity contribution in [1.29, 1.82) is 0 Å². The third kappa shape index (κ3) is 3.73. The summed E-state index contributed by atoms with van der Waals surface area (Å²) < 4.78 is 39.0. The van der Waals surface area contributed by atoms with Crippen molar-refractivity contribution in [2.75, 3.05) is 32.6 Å². The molecule has 0 aliphatic carbocycles. The van der Waals surface area contributed by atoms with Crippen LogP contribution in [0.2, 0.25) is 0 Å². The Morgan fingerprint density at radius 1 is 1.39 bits per heavy atom. The summed E-state index contributed by atoms with van der Waals surface area (Å²) in [6, 6.07) is 0. The highest BCUT2D eigenvalue weighted by Crippen LogP contribution is 2.34. The highest BCUT2D eigenvalue weighted by molar-refractivity contribution is 7.88. The zero-order valence-electron chi connectivity index (χ0n) is 13.9. The van der Waals surface area contributed by atoms with Gasteiger partial charge in [-0.15, -0.1) is 0 Å². The molecule has 2 aliphatic heterocycles. The van der Waals surface area contributed by atoms with Crippen LogP contribution in [0.5, 0.6) is 0 Å². The summed E-state index contributed by atoms with van der Waals surface area (Å²) in [6.45, 7) is 6.00. The summed E-state index contributed by atoms with van der Waals surface area (Å²) >= 11 is 0. The summed E-state index contributed by atoms with van der Waals surface area (Å²) in [5, 5.41) is 4.37. The first-order valence-electron chi connectivity index (χ1n) is 7.86. The highest BCUT2D eigenvalue weighted by Gasteiger charge is 2.44. The van der Waals surface area contributed by atoms with Gasteiger partial charge >= 0.3 is 0 Å². The molecule has 130 valence electrons. The Morgan fingerprint density at radius 3 is 2.83 bits per heavy atom. The van der Waals surface area contributed by atoms with E-state index in [1.54, 1.807) is 0 Å². The van der Waals surface area contributed by atoms with Gasteiger partial charge in [-0.2, -0.15) is 9.40 Å². The fourth-order valence-corrected chi connectivity index (χ4v) is 4.20. The maximum atomic E-state index is 11.9. The fourth-order valence-electron chi connectivity index (χ4n) is 3.33. The van der Waals surface area contributed by atoms with Crippen LogP contribution in [-0.4, -0.2) is 71.8 Å². The molecule has 9 heteroatoms. The largest absolute Gasteiger partial charge is 0.377 e. The molecule has 23 heavy (non-hydrogen) atoms. The van der Waals surface area contributed by atoms with Crippen LogP contribution in [0.15, 0.2) is 0 Å². The van der Waals surface area contributed by atoms with Crippen LogP contribution in [0.25, 0.3) is 0 Å². The molecule has 2 fully saturated rings. The van der Waals surface area contributed by atoms with Gasteiger partial charge in [-0.05, 0) is 26.7 Å². The van der Waals surface area contributed by atoms with Crippen LogP contribution in [0.3, 0.4) is 0 Å². The van der Waals surface area contributed by atoms with E-state index in [1.807, 2.05) is 18.5 Å². The molecule has 2 aliphatic rings. The number of ether oxygens (including phenoxy) is 2. The number of sulfonamides is 1. The van der Waals surface area contributed by atoms with Gasteiger partial charge in [0, 0.05) is 13.1 Å². The molecule has 0 amide bonds. The molecule has 0 saturated carbocycles. The first-order valence-corrected chi connectivity index (χ1v) is 9.71. The van der Waals surface area contributed by atoms with E-state index in [2.05, 4.69) is 10.1 Å². The van der Waals surface area contributed by atoms with Crippen molar-refractivity contribution in [3.8, 4) is 0 Å². The normalized spacial score (nSPS) is 30.0. The van der Waals surface area contributed by atoms with Gasteiger partial charge in [0.15, 0.2) is 0 Å². The molecule has 8 nitrogen and oxygen atoms in total. The summed E-state index contributed by atoms with van der Waals surface area (Å²) in [6.07, 6.45) is 2.88. The van der Waals surface area contributed by atoms with Crippen LogP contribution in [0.4, 0.5) is 0 Å². The van der Waals surface area contributed by atoms with Gasteiger partial charge in [-0.25, -0.2) is 18.1 Å². The van der Waals surface area contributed by atoms with Crippen LogP contribution >= 0.6 is 0 Å². The Morgan fingerprint density at radius 2 is 2.17 bits per heavy atom. The maximum absolute atomic E-state index is 11.9. The smallest absolute Gasteiger partial charge is 0.211 e. The average Bonchev–Trinajstić information content (AvgIpc) is 2.88. The first-order chi connectivity index (χ1) is 10.8. The van der Waals surface area contributed by atoms with Crippen molar-refractivity contribution in [3.05, 3.63) is 11.6 Å². The van der Waals surface area contributed by atoms with Gasteiger partial charge in [0.1, 0.15) is 17.2 Å². The van der Waals surface area contributed by atoms with Gasteiger partial charge in [-0.3, -0.25) is 0 Å². The molecule has 1 aromatic rings. The zero-order chi connectivity index (χ0) is 16.7. The quantitative estimate of drug-likeness (QED) is 0.773. The number of nitrogens with zero attached hydrogens (tertiary/aromatic N) is 4. The van der Waals surface area contributed by atoms with E-state index in [1.165, 1.54) is 10.6 Å². The summed E-state index contributed by atoms with van der Waals surface area (Å²) in [7, 11) is -3.25. The van der Waals surface area contributed by atoms with E-state index in [9.17, 15) is 8.42 Å². The SMILES string of the molecule is Cc1nc(C)n(C[C@H]2CC[C@]3(COCCN(S(C)(=O)=O)C3)O2)n1. The van der Waals surface area contributed by atoms with Crippen LogP contribution in [-0.2, 0) is 26.0 Å². The van der Waals surface area contributed by atoms with E-state index < -0.39 is 15.6 Å². The lowest BCUT2D eigenvalue weighted by molar-refractivity contribution is -0.0861. The third-order valence-corrected chi connectivity index (χ3v) is 5.71. The van der Waals surface area contributed by atoms with Crippen molar-refractivity contribution < 1.29 is 17.9 Å². The molecule has 0 radical (unpaired) electrons. The van der Waals surface area contributed by atoms with E-state index in [4.69, 9.17) is 9.47 Å². The lowest BCUT2D eigenvalue weighted by Crippen LogP contribution is -2.46. The summed E-state index contributed by atoms with van der Waals surface area (Å²) in [5.41, 5.74) is -0.548. The number of hydrogen-bond donors (Lipinski definition) is 0. The molecular formula is C14H24N4O4S. The molecule has 0 bridgehead atoms. The molecular weight excluding hydrogens is 320 g/mol. The first kappa shape index (κ1) is 16.8. The predicted molar refractivity (Wildman–Crippen MR) is 83.6 cm³/mol. The highest BCUT2D eigenvalue weighted by atomic mass is 32.2. The Kier molecular flexibility index (Phi) is 4.47. The maximum Gasteiger partial charge on any atom is 0.211 e. The topological polar surface area (TPSA) is 86.6 Å². The molecule has 2 saturated heterocycles. The van der Waals surface area contributed by atoms with Gasteiger partial charge in [0.25, 0.3) is 0 Å². The van der Waals surface area contributed by atoms with Crippen LogP contribution < -0.4 is 0 Å². The van der Waals surface area contributed by atoms with E-state index in [-0.39, 0.29) is 6.10 Å². The number of aromatic nitrogens is 3. The van der Waals surface area contributed by atoms with Gasteiger partial charge in [0.05, 0.1) is 32.1 Å². The fraction of sp³-hybridized carbons (Fsp3) is 0.857. The zero-order valence-corrected chi connectivity index (χ0v) is 14.7. The second-order valence-corrected chi connectivity index (χ2v) is 8.48. The molecule has 0 N–H and O–H groups in total. The van der Waals surface area contributed by atoms with E-state index in [0.29, 0.717) is 32.8 Å². The minimum Gasteiger partial charge on any atom is -0.377 e. The van der Waals surface area contributed by atoms with Gasteiger partial charge in [-0.1, -0.05) is 0 Å². The van der Waals surface area contributed by atoms with Crippen molar-refractivity contribution >= 4 is 10.0 Å². The van der Waals surface area contributed by atoms with Crippen molar-refractivity contribution in [3.63, 3.8) is 0 Å². The Balaban J connectivity index is 1.70. The van der Waals surface area contributed by atoms with E-state index in [0.717, 1.165) is 24.5 Å². The van der Waals surface area contributed by atoms with E-state index >= 15 is 0 Å². The molecule has 3 rings (SSSR count). The average molecular weight is 344 g/mol. The lowest BCUT2D eigenvalue weighted by atomic mass is 10.0. The monoisotopic (exact) mass is 344 g/mol. The minimum absolute atomic E-state index is 0.00193. The minimum atomic E-state index is -3.25. The molecule has 0 unspecified atom stereocenters. The summed E-state index contributed by atoms with van der Waals surface area (Å²) in [5.74, 6) is 1.61. The van der Waals surface area contributed by atoms with Crippen LogP contribution in [0.1, 0.15) is 24.5 Å². The number of rotatable bonds is 3. The van der Waals surface area contributed by atoms with Crippen LogP contribution in [0, 0.1) is 13.8 Å². The van der Waals surface area contributed by atoms with Crippen molar-refractivity contribution in [2.45, 2.75) is 44.9 Å². The Hall–Kier alpha value is -1.03. The van der Waals surface area contributed by atoms with Crippen molar-refractivity contribution in [2.24, 2.45) is 0 Å². The standard InChI is InChI=1S/C14H24N4O4S/c1-11-15-12(2)18(16-11)8-13-4-5-14(22-13)9-17(23(3,19)20)6-7-21-10-14/h13H,4-10H2,1-3H3/t13-,14+/m1/s1. The third-order valence-electron chi connectivity index (χ3n) is 4.46. The van der Waals surface area contributed by atoms with Gasteiger partial charge < -0.3 is 9.47 Å².